The molecule has 2 saturated carbocycles. The molecule has 1 unspecified atom stereocenters. The lowest BCUT2D eigenvalue weighted by Crippen LogP contribution is -2.58. The summed E-state index contributed by atoms with van der Waals surface area (Å²) in [6, 6.07) is 0. The van der Waals surface area contributed by atoms with Gasteiger partial charge < -0.3 is 9.80 Å². The van der Waals surface area contributed by atoms with Gasteiger partial charge in [0.1, 0.15) is 0 Å². The van der Waals surface area contributed by atoms with Crippen LogP contribution in [0.5, 0.6) is 0 Å². The number of ketones is 1. The zero-order valence-electron chi connectivity index (χ0n) is 19.9. The normalized spacial score (nSPS) is 40.4. The van der Waals surface area contributed by atoms with Crippen LogP contribution in [0.1, 0.15) is 79.6 Å². The molecule has 1 amide bonds. The Hall–Kier alpha value is -1.32. The number of amides is 1. The lowest BCUT2D eigenvalue weighted by atomic mass is 9.49. The van der Waals surface area contributed by atoms with E-state index in [4.69, 9.17) is 0 Å². The molecular formula is C26H42N2O2. The second-order valence-corrected chi connectivity index (χ2v) is 10.9. The van der Waals surface area contributed by atoms with Crippen molar-refractivity contribution < 1.29 is 9.59 Å². The van der Waals surface area contributed by atoms with Gasteiger partial charge in [-0.25, -0.2) is 0 Å². The molecule has 0 aromatic heterocycles. The average molecular weight is 415 g/mol. The van der Waals surface area contributed by atoms with Gasteiger partial charge in [-0.15, -0.1) is 0 Å². The fourth-order valence-electron chi connectivity index (χ4n) is 8.06. The highest BCUT2D eigenvalue weighted by atomic mass is 16.2. The number of likely N-dealkylation sites (tertiary alicyclic amines) is 1. The van der Waals surface area contributed by atoms with Crippen molar-refractivity contribution in [3.8, 4) is 0 Å². The van der Waals surface area contributed by atoms with Crippen LogP contribution in [-0.4, -0.2) is 47.7 Å². The van der Waals surface area contributed by atoms with E-state index in [1.54, 1.807) is 0 Å². The van der Waals surface area contributed by atoms with Gasteiger partial charge in [-0.1, -0.05) is 20.8 Å². The molecule has 0 aromatic rings. The highest BCUT2D eigenvalue weighted by Gasteiger charge is 2.61. The molecule has 4 nitrogen and oxygen atoms in total. The summed E-state index contributed by atoms with van der Waals surface area (Å²) < 4.78 is 0. The predicted octanol–water partition coefficient (Wildman–Crippen LogP) is 4.89. The molecule has 4 heteroatoms. The summed E-state index contributed by atoms with van der Waals surface area (Å²) in [5, 5.41) is 0. The van der Waals surface area contributed by atoms with Crippen molar-refractivity contribution in [2.75, 3.05) is 26.2 Å². The van der Waals surface area contributed by atoms with E-state index in [-0.39, 0.29) is 16.7 Å². The van der Waals surface area contributed by atoms with E-state index in [0.717, 1.165) is 45.4 Å². The van der Waals surface area contributed by atoms with Crippen LogP contribution in [-0.2, 0) is 9.59 Å². The van der Waals surface area contributed by atoms with Crippen LogP contribution >= 0.6 is 0 Å². The number of carbonyl (C=O) groups is 2. The van der Waals surface area contributed by atoms with Crippen molar-refractivity contribution in [1.29, 1.82) is 0 Å². The number of allylic oxidation sites excluding steroid dienone is 2. The minimum absolute atomic E-state index is 0.133. The van der Waals surface area contributed by atoms with Crippen LogP contribution in [0.15, 0.2) is 11.8 Å². The minimum Gasteiger partial charge on any atom is -0.374 e. The molecule has 1 aliphatic heterocycles. The van der Waals surface area contributed by atoms with Crippen LogP contribution in [0.25, 0.3) is 0 Å². The van der Waals surface area contributed by atoms with Crippen molar-refractivity contribution >= 4 is 11.7 Å². The van der Waals surface area contributed by atoms with E-state index in [0.29, 0.717) is 35.9 Å². The minimum atomic E-state index is 0.133. The quantitative estimate of drug-likeness (QED) is 0.643. The standard InChI is InChI=1S/C26H42N2O2/c1-6-15-28-17-19-20-9-10-22(24(30)27(7-2)8-3)25(20,4)14-12-21(19)26(5)13-11-18(29)16-23(26)28/h16,19-22H,6-15,17H2,1-5H3/t19-,20-,21+,22?,25-,26+/m0/s1. The van der Waals surface area contributed by atoms with Crippen molar-refractivity contribution in [1.82, 2.24) is 9.80 Å². The molecular weight excluding hydrogens is 372 g/mol. The first kappa shape index (κ1) is 21.9. The zero-order chi connectivity index (χ0) is 21.7. The van der Waals surface area contributed by atoms with E-state index in [2.05, 4.69) is 44.4 Å². The topological polar surface area (TPSA) is 40.6 Å². The maximum Gasteiger partial charge on any atom is 0.226 e. The Bertz CT molecular complexity index is 727. The molecule has 0 N–H and O–H groups in total. The molecule has 0 aromatic carbocycles. The number of piperidine rings is 1. The van der Waals surface area contributed by atoms with Gasteiger partial charge in [0.2, 0.25) is 5.91 Å². The largest absolute Gasteiger partial charge is 0.374 e. The van der Waals surface area contributed by atoms with Gasteiger partial charge in [-0.3, -0.25) is 9.59 Å². The Kier molecular flexibility index (Phi) is 5.83. The number of hydrogen-bond donors (Lipinski definition) is 0. The van der Waals surface area contributed by atoms with Crippen molar-refractivity contribution in [3.05, 3.63) is 11.8 Å². The fourth-order valence-corrected chi connectivity index (χ4v) is 8.06. The summed E-state index contributed by atoms with van der Waals surface area (Å²) in [5.41, 5.74) is 1.61. The molecule has 3 aliphatic carbocycles. The maximum atomic E-state index is 13.4. The van der Waals surface area contributed by atoms with Gasteiger partial charge in [-0.2, -0.15) is 0 Å². The van der Waals surface area contributed by atoms with Crippen LogP contribution in [0.3, 0.4) is 0 Å². The van der Waals surface area contributed by atoms with Gasteiger partial charge in [0, 0.05) is 55.7 Å². The SMILES string of the molecule is CCCN1C[C@@H]2[C@@H](CC[C@]3(C)C(C(=O)N(CC)CC)CC[C@@H]23)[C@@]2(C)CCC(=O)C=C12. The highest BCUT2D eigenvalue weighted by molar-refractivity contribution is 5.91. The van der Waals surface area contributed by atoms with E-state index >= 15 is 0 Å². The van der Waals surface area contributed by atoms with Gasteiger partial charge in [-0.05, 0) is 75.5 Å². The predicted molar refractivity (Wildman–Crippen MR) is 121 cm³/mol. The van der Waals surface area contributed by atoms with Crippen LogP contribution in [0.4, 0.5) is 0 Å². The van der Waals surface area contributed by atoms with Gasteiger partial charge in [0.15, 0.2) is 5.78 Å². The molecule has 0 bridgehead atoms. The smallest absolute Gasteiger partial charge is 0.226 e. The molecule has 4 rings (SSSR count). The zero-order valence-corrected chi connectivity index (χ0v) is 19.9. The number of nitrogens with zero attached hydrogens (tertiary/aromatic N) is 2. The van der Waals surface area contributed by atoms with E-state index < -0.39 is 0 Å². The Labute approximate surface area is 183 Å². The van der Waals surface area contributed by atoms with Crippen molar-refractivity contribution in [3.63, 3.8) is 0 Å². The molecule has 1 saturated heterocycles. The summed E-state index contributed by atoms with van der Waals surface area (Å²) in [6.07, 6.45) is 9.45. The Morgan fingerprint density at radius 2 is 1.83 bits per heavy atom. The molecule has 4 aliphatic rings. The number of carbonyl (C=O) groups excluding carboxylic acids is 2. The van der Waals surface area contributed by atoms with Gasteiger partial charge >= 0.3 is 0 Å². The number of rotatable bonds is 5. The van der Waals surface area contributed by atoms with Gasteiger partial charge in [0.05, 0.1) is 0 Å². The third kappa shape index (κ3) is 3.15. The first-order valence-corrected chi connectivity index (χ1v) is 12.6. The monoisotopic (exact) mass is 414 g/mol. The van der Waals surface area contributed by atoms with Crippen molar-refractivity contribution in [2.45, 2.75) is 79.6 Å². The highest BCUT2D eigenvalue weighted by Crippen LogP contribution is 2.65. The summed E-state index contributed by atoms with van der Waals surface area (Å²) in [4.78, 5) is 30.3. The fraction of sp³-hybridized carbons (Fsp3) is 0.846. The molecule has 0 radical (unpaired) electrons. The second kappa shape index (κ2) is 7.98. The second-order valence-electron chi connectivity index (χ2n) is 10.9. The van der Waals surface area contributed by atoms with E-state index in [9.17, 15) is 9.59 Å². The summed E-state index contributed by atoms with van der Waals surface area (Å²) in [7, 11) is 0. The number of hydrogen-bond acceptors (Lipinski definition) is 3. The average Bonchev–Trinajstić information content (AvgIpc) is 3.07. The molecule has 6 atom stereocenters. The molecule has 0 spiro atoms. The lowest BCUT2D eigenvalue weighted by Gasteiger charge is -2.61. The Morgan fingerprint density at radius 1 is 1.10 bits per heavy atom. The van der Waals surface area contributed by atoms with Crippen LogP contribution in [0, 0.1) is 34.5 Å². The van der Waals surface area contributed by atoms with E-state index in [1.165, 1.54) is 25.0 Å². The van der Waals surface area contributed by atoms with Crippen LogP contribution < -0.4 is 0 Å². The molecule has 1 heterocycles. The maximum absolute atomic E-state index is 13.4. The van der Waals surface area contributed by atoms with Crippen LogP contribution in [0.2, 0.25) is 0 Å². The third-order valence-corrected chi connectivity index (χ3v) is 9.67. The first-order valence-electron chi connectivity index (χ1n) is 12.6. The Balaban J connectivity index is 1.66. The third-order valence-electron chi connectivity index (χ3n) is 9.67. The molecule has 3 fully saturated rings. The summed E-state index contributed by atoms with van der Waals surface area (Å²) >= 11 is 0. The van der Waals surface area contributed by atoms with Crippen molar-refractivity contribution in [2.24, 2.45) is 34.5 Å². The Morgan fingerprint density at radius 3 is 2.50 bits per heavy atom. The summed E-state index contributed by atoms with van der Waals surface area (Å²) in [5.74, 6) is 2.86. The van der Waals surface area contributed by atoms with E-state index in [1.807, 2.05) is 6.08 Å². The molecule has 30 heavy (non-hydrogen) atoms. The number of fused-ring (bicyclic) bond motifs is 5. The first-order chi connectivity index (χ1) is 14.3. The van der Waals surface area contributed by atoms with Gasteiger partial charge in [0.25, 0.3) is 0 Å². The summed E-state index contributed by atoms with van der Waals surface area (Å²) in [6.45, 7) is 15.1. The molecule has 168 valence electrons. The lowest BCUT2D eigenvalue weighted by molar-refractivity contribution is -0.143.